The Morgan fingerprint density at radius 2 is 1.21 bits per heavy atom. The highest BCUT2D eigenvalue weighted by atomic mass is 32.2. The number of Topliss-reactive ketones (excluding diaryl/α,β-unsaturated/α-hetero) is 2. The average molecular weight is 823 g/mol. The van der Waals surface area contributed by atoms with Crippen LogP contribution in [0.1, 0.15) is 74.9 Å². The second kappa shape index (κ2) is 15.6. The largest absolute Gasteiger partial charge is 0.299 e. The van der Waals surface area contributed by atoms with Crippen LogP contribution in [0.2, 0.25) is 0 Å². The van der Waals surface area contributed by atoms with Crippen LogP contribution in [-0.4, -0.2) is 57.2 Å². The van der Waals surface area contributed by atoms with Gasteiger partial charge in [-0.05, 0) is 149 Å². The van der Waals surface area contributed by atoms with Gasteiger partial charge in [0.2, 0.25) is 0 Å². The van der Waals surface area contributed by atoms with E-state index in [0.717, 1.165) is 65.0 Å². The van der Waals surface area contributed by atoms with Gasteiger partial charge in [0.05, 0.1) is 58.3 Å². The smallest absolute Gasteiger partial charge is 0.264 e. The molecule has 58 heavy (non-hydrogen) atoms. The lowest BCUT2D eigenvalue weighted by atomic mass is 9.62. The van der Waals surface area contributed by atoms with Crippen molar-refractivity contribution < 1.29 is 31.0 Å². The predicted octanol–water partition coefficient (Wildman–Crippen LogP) is 8.93. The third-order valence-electron chi connectivity index (χ3n) is 12.1. The van der Waals surface area contributed by atoms with Gasteiger partial charge in [0.15, 0.2) is 0 Å². The maximum atomic E-state index is 13.3. The zero-order chi connectivity index (χ0) is 40.8. The van der Waals surface area contributed by atoms with E-state index in [9.17, 15) is 26.8 Å². The molecule has 2 saturated carbocycles. The Hall–Kier alpha value is -4.98. The van der Waals surface area contributed by atoms with Gasteiger partial charge in [0, 0.05) is 10.1 Å². The van der Waals surface area contributed by atoms with Crippen molar-refractivity contribution in [3.05, 3.63) is 137 Å². The second-order valence-electron chi connectivity index (χ2n) is 15.8. The fraction of sp³-hybridized carbons (Fsp3) is 0.333. The second-order valence-corrected chi connectivity index (χ2v) is 18.8. The molecular formula is C45H44F2N4O5S2. The van der Waals surface area contributed by atoms with Crippen LogP contribution in [0.25, 0.3) is 23.5 Å². The van der Waals surface area contributed by atoms with Gasteiger partial charge in [0.1, 0.15) is 23.2 Å². The van der Waals surface area contributed by atoms with Crippen LogP contribution >= 0.6 is 11.8 Å². The van der Waals surface area contributed by atoms with Crippen molar-refractivity contribution >= 4 is 45.6 Å². The molecule has 4 aliphatic carbocycles. The summed E-state index contributed by atoms with van der Waals surface area (Å²) in [6.45, 7) is 3.28. The number of benzene rings is 3. The molecule has 0 unspecified atom stereocenters. The third kappa shape index (κ3) is 7.79. The minimum absolute atomic E-state index is 0.000679. The standard InChI is InChI=1S/C25H23FN2OS.C20H21FN2O4S/c1-17(29)25-14-18-16-27-28(21-10-8-20(26)9-11-21)24(18)13-19(25)7-12-23(15-25)30-22-5-3-2-4-6-22;1-13(24)20-10-14-12-22-23(17-6-4-16(21)5-7-17)19(14)9-15(20)3-8-18(11-20)27-28(2,25)26/h2-6,8-11,13,16,23H,7,12,14-15H2,1H3;4-7,9,12,18H,3,8,10-11H2,1-2H3/t23-,25-;18-,20+/m10/s1. The highest BCUT2D eigenvalue weighted by Gasteiger charge is 2.49. The van der Waals surface area contributed by atoms with E-state index in [-0.39, 0.29) is 23.2 Å². The number of carbonyl (C=O) groups excluding carboxylic acids is 2. The fourth-order valence-electron chi connectivity index (χ4n) is 9.18. The van der Waals surface area contributed by atoms with Crippen molar-refractivity contribution in [3.8, 4) is 11.4 Å². The van der Waals surface area contributed by atoms with Gasteiger partial charge in [-0.1, -0.05) is 29.3 Å². The number of fused-ring (bicyclic) bond motifs is 4. The van der Waals surface area contributed by atoms with Crippen molar-refractivity contribution in [2.45, 2.75) is 81.5 Å². The van der Waals surface area contributed by atoms with E-state index in [1.54, 1.807) is 49.0 Å². The molecule has 0 saturated heterocycles. The fourth-order valence-corrected chi connectivity index (χ4v) is 11.1. The van der Waals surface area contributed by atoms with Crippen molar-refractivity contribution in [1.29, 1.82) is 0 Å². The summed E-state index contributed by atoms with van der Waals surface area (Å²) in [5.41, 5.74) is 6.45. The molecule has 4 atom stereocenters. The molecule has 2 aromatic heterocycles. The molecular weight excluding hydrogens is 779 g/mol. The Morgan fingerprint density at radius 1 is 0.724 bits per heavy atom. The number of ketones is 2. The van der Waals surface area contributed by atoms with Gasteiger partial charge in [-0.25, -0.2) is 18.1 Å². The van der Waals surface area contributed by atoms with E-state index in [4.69, 9.17) is 4.18 Å². The van der Waals surface area contributed by atoms with Crippen LogP contribution in [-0.2, 0) is 36.7 Å². The molecule has 300 valence electrons. The highest BCUT2D eigenvalue weighted by Crippen LogP contribution is 2.52. The van der Waals surface area contributed by atoms with Crippen LogP contribution in [0.15, 0.2) is 107 Å². The van der Waals surface area contributed by atoms with Gasteiger partial charge in [0.25, 0.3) is 10.1 Å². The van der Waals surface area contributed by atoms with Crippen molar-refractivity contribution in [3.63, 3.8) is 0 Å². The van der Waals surface area contributed by atoms with Crippen molar-refractivity contribution in [2.24, 2.45) is 10.8 Å². The lowest BCUT2D eigenvalue weighted by Crippen LogP contribution is -2.43. The highest BCUT2D eigenvalue weighted by molar-refractivity contribution is 8.00. The van der Waals surface area contributed by atoms with Gasteiger partial charge >= 0.3 is 0 Å². The normalized spacial score (nSPS) is 23.5. The Kier molecular flexibility index (Phi) is 10.7. The first-order chi connectivity index (χ1) is 27.7. The summed E-state index contributed by atoms with van der Waals surface area (Å²) in [4.78, 5) is 26.9. The molecule has 2 heterocycles. The topological polar surface area (TPSA) is 113 Å². The SMILES string of the molecule is CC(=O)[C@]12Cc3cnn(-c4ccc(F)cc4)c3C=C1CC[C@@H](Sc1ccccc1)C2.CC(=O)[C@]12Cc3cnn(-c4ccc(F)cc4)c3C=C1CC[C@H](OS(C)(=O)=O)C2. The molecule has 3 aromatic carbocycles. The third-order valence-corrected chi connectivity index (χ3v) is 14.0. The van der Waals surface area contributed by atoms with Crippen LogP contribution < -0.4 is 0 Å². The number of nitrogens with zero attached hydrogens (tertiary/aromatic N) is 4. The molecule has 4 aliphatic rings. The van der Waals surface area contributed by atoms with Gasteiger partial charge < -0.3 is 0 Å². The van der Waals surface area contributed by atoms with Crippen molar-refractivity contribution in [2.75, 3.05) is 6.26 Å². The van der Waals surface area contributed by atoms with Crippen molar-refractivity contribution in [1.82, 2.24) is 19.6 Å². The molecule has 2 fully saturated rings. The summed E-state index contributed by atoms with van der Waals surface area (Å²) in [6, 6.07) is 22.9. The minimum Gasteiger partial charge on any atom is -0.299 e. The summed E-state index contributed by atoms with van der Waals surface area (Å²) >= 11 is 1.89. The van der Waals surface area contributed by atoms with E-state index < -0.39 is 27.1 Å². The van der Waals surface area contributed by atoms with Gasteiger partial charge in [-0.2, -0.15) is 18.6 Å². The number of carbonyl (C=O) groups is 2. The Balaban J connectivity index is 0.000000162. The number of hydrogen-bond donors (Lipinski definition) is 0. The molecule has 0 spiro atoms. The summed E-state index contributed by atoms with van der Waals surface area (Å²) < 4.78 is 58.5. The minimum atomic E-state index is -3.59. The lowest BCUT2D eigenvalue weighted by Gasteiger charge is -2.43. The summed E-state index contributed by atoms with van der Waals surface area (Å²) in [5, 5.41) is 9.42. The number of allylic oxidation sites excluding steroid dienone is 2. The van der Waals surface area contributed by atoms with E-state index >= 15 is 0 Å². The molecule has 0 N–H and O–H groups in total. The molecule has 5 aromatic rings. The Bertz CT molecular complexity index is 2550. The summed E-state index contributed by atoms with van der Waals surface area (Å²) in [6.07, 6.45) is 13.7. The number of rotatable bonds is 8. The summed E-state index contributed by atoms with van der Waals surface area (Å²) in [5.74, 6) is -0.334. The quantitative estimate of drug-likeness (QED) is 0.143. The molecule has 0 amide bonds. The van der Waals surface area contributed by atoms with Gasteiger partial charge in [-0.15, -0.1) is 11.8 Å². The monoisotopic (exact) mass is 822 g/mol. The number of aromatic nitrogens is 4. The zero-order valence-electron chi connectivity index (χ0n) is 32.5. The first kappa shape index (κ1) is 39.8. The molecule has 0 radical (unpaired) electrons. The van der Waals surface area contributed by atoms with Crippen LogP contribution in [0.5, 0.6) is 0 Å². The number of thioether (sulfide) groups is 1. The number of hydrogen-bond acceptors (Lipinski definition) is 8. The molecule has 0 aliphatic heterocycles. The van der Waals surface area contributed by atoms with Gasteiger partial charge in [-0.3, -0.25) is 13.8 Å². The molecule has 9 rings (SSSR count). The first-order valence-electron chi connectivity index (χ1n) is 19.4. The van der Waals surface area contributed by atoms with E-state index in [1.165, 1.54) is 34.7 Å². The van der Waals surface area contributed by atoms with E-state index in [0.29, 0.717) is 37.4 Å². The molecule has 0 bridgehead atoms. The van der Waals surface area contributed by atoms with Crippen LogP contribution in [0.3, 0.4) is 0 Å². The Morgan fingerprint density at radius 3 is 1.69 bits per heavy atom. The van der Waals surface area contributed by atoms with E-state index in [2.05, 4.69) is 40.5 Å². The average Bonchev–Trinajstić information content (AvgIpc) is 3.79. The van der Waals surface area contributed by atoms with Crippen LogP contribution in [0.4, 0.5) is 8.78 Å². The Labute approximate surface area is 341 Å². The molecule has 13 heteroatoms. The lowest BCUT2D eigenvalue weighted by molar-refractivity contribution is -0.127. The van der Waals surface area contributed by atoms with Crippen LogP contribution in [0, 0.1) is 22.5 Å². The maximum Gasteiger partial charge on any atom is 0.264 e. The zero-order valence-corrected chi connectivity index (χ0v) is 34.2. The first-order valence-corrected chi connectivity index (χ1v) is 22.1. The van der Waals surface area contributed by atoms with E-state index in [1.807, 2.05) is 34.8 Å². The molecule has 9 nitrogen and oxygen atoms in total. The number of halogens is 2. The maximum absolute atomic E-state index is 13.3. The summed E-state index contributed by atoms with van der Waals surface area (Å²) in [7, 11) is -3.59. The predicted molar refractivity (Wildman–Crippen MR) is 220 cm³/mol.